The molecular formula is C22H38N4O7. The maximum Gasteiger partial charge on any atom is 0.534 e. The molecule has 1 aliphatic heterocycles. The number of carbonyl (C=O) groups excluding carboxylic acids is 3. The van der Waals surface area contributed by atoms with Crippen molar-refractivity contribution in [1.82, 2.24) is 10.1 Å². The molecule has 0 saturated carbocycles. The summed E-state index contributed by atoms with van der Waals surface area (Å²) in [5, 5.41) is 10.0. The minimum Gasteiger partial charge on any atom is -0.442 e. The first-order valence-corrected chi connectivity index (χ1v) is 10.8. The lowest BCUT2D eigenvalue weighted by Crippen LogP contribution is -2.68. The zero-order valence-electron chi connectivity index (χ0n) is 21.9. The van der Waals surface area contributed by atoms with E-state index in [-0.39, 0.29) is 18.0 Å². The molecule has 0 aromatic heterocycles. The van der Waals surface area contributed by atoms with Crippen LogP contribution in [0.2, 0.25) is 0 Å². The van der Waals surface area contributed by atoms with E-state index in [9.17, 15) is 14.4 Å². The molecule has 1 atom stereocenters. The first-order valence-electron chi connectivity index (χ1n) is 10.8. The number of oxime groups is 1. The lowest BCUT2D eigenvalue weighted by molar-refractivity contribution is -0.169. The fourth-order valence-electron chi connectivity index (χ4n) is 3.07. The van der Waals surface area contributed by atoms with Crippen LogP contribution < -0.4 is 0 Å². The maximum absolute atomic E-state index is 13.7. The number of hydrazone groups is 1. The van der Waals surface area contributed by atoms with Gasteiger partial charge in [0.1, 0.15) is 17.8 Å². The third-order valence-corrected chi connectivity index (χ3v) is 4.18. The summed E-state index contributed by atoms with van der Waals surface area (Å²) in [5.74, 6) is -0.678. The maximum atomic E-state index is 13.7. The zero-order valence-corrected chi connectivity index (χ0v) is 21.9. The molecule has 0 radical (unpaired) electrons. The second kappa shape index (κ2) is 9.56. The number of hydrogen-bond acceptors (Lipinski definition) is 9. The lowest BCUT2D eigenvalue weighted by Gasteiger charge is -2.40. The van der Waals surface area contributed by atoms with Crippen molar-refractivity contribution in [1.29, 1.82) is 0 Å². The van der Waals surface area contributed by atoms with Gasteiger partial charge < -0.3 is 14.3 Å². The van der Waals surface area contributed by atoms with Crippen LogP contribution in [0, 0.1) is 5.41 Å². The number of ether oxygens (including phenoxy) is 2. The van der Waals surface area contributed by atoms with E-state index in [1.807, 2.05) is 20.8 Å². The number of carbonyl (C=O) groups is 3. The van der Waals surface area contributed by atoms with Crippen molar-refractivity contribution >= 4 is 29.6 Å². The van der Waals surface area contributed by atoms with Crippen LogP contribution in [0.15, 0.2) is 10.3 Å². The van der Waals surface area contributed by atoms with E-state index in [2.05, 4.69) is 10.3 Å². The third kappa shape index (κ3) is 6.58. The highest BCUT2D eigenvalue weighted by Crippen LogP contribution is 2.38. The summed E-state index contributed by atoms with van der Waals surface area (Å²) in [6, 6.07) is 0. The summed E-state index contributed by atoms with van der Waals surface area (Å²) in [4.78, 5) is 50.4. The molecule has 33 heavy (non-hydrogen) atoms. The van der Waals surface area contributed by atoms with Gasteiger partial charge in [-0.15, -0.1) is 5.06 Å². The van der Waals surface area contributed by atoms with E-state index in [0.29, 0.717) is 5.06 Å². The third-order valence-electron chi connectivity index (χ3n) is 4.18. The molecule has 0 aromatic rings. The Hall–Kier alpha value is -2.85. The number of rotatable bonds is 4. The van der Waals surface area contributed by atoms with Gasteiger partial charge in [-0.25, -0.2) is 14.6 Å². The molecule has 0 N–H and O–H groups in total. The molecule has 11 heteroatoms. The Labute approximate surface area is 196 Å². The van der Waals surface area contributed by atoms with E-state index >= 15 is 0 Å². The van der Waals surface area contributed by atoms with Crippen LogP contribution >= 0.6 is 0 Å². The van der Waals surface area contributed by atoms with Gasteiger partial charge in [0.25, 0.3) is 5.91 Å². The molecule has 2 amide bonds. The van der Waals surface area contributed by atoms with Gasteiger partial charge in [0.05, 0.1) is 11.4 Å². The van der Waals surface area contributed by atoms with Gasteiger partial charge in [0, 0.05) is 12.5 Å². The van der Waals surface area contributed by atoms with Crippen molar-refractivity contribution in [3.63, 3.8) is 0 Å². The molecule has 1 rings (SSSR count). The zero-order chi connectivity index (χ0) is 26.0. The Kier molecular flexibility index (Phi) is 8.17. The SMILES string of the molecule is CCON=C(C)C1(N(OC(=O)OC(C)(C)C)C(=O)OC(C)(C)C)C(=O)N(C)N=C1C(C)(C)C. The summed E-state index contributed by atoms with van der Waals surface area (Å²) in [6.45, 7) is 18.7. The summed E-state index contributed by atoms with van der Waals surface area (Å²) in [6.07, 6.45) is -2.30. The quantitative estimate of drug-likeness (QED) is 0.344. The molecule has 0 spiro atoms. The van der Waals surface area contributed by atoms with Crippen LogP contribution in [0.3, 0.4) is 0 Å². The van der Waals surface area contributed by atoms with Gasteiger partial charge >= 0.3 is 12.2 Å². The molecule has 0 aromatic carbocycles. The number of hydrogen-bond donors (Lipinski definition) is 0. The summed E-state index contributed by atoms with van der Waals surface area (Å²) in [5.41, 5.74) is -4.47. The van der Waals surface area contributed by atoms with E-state index in [0.717, 1.165) is 5.01 Å². The fourth-order valence-corrected chi connectivity index (χ4v) is 3.07. The van der Waals surface area contributed by atoms with Crippen LogP contribution in [0.5, 0.6) is 0 Å². The van der Waals surface area contributed by atoms with Crippen molar-refractivity contribution in [3.8, 4) is 0 Å². The molecule has 188 valence electrons. The molecule has 1 aliphatic rings. The van der Waals surface area contributed by atoms with E-state index in [4.69, 9.17) is 19.1 Å². The van der Waals surface area contributed by atoms with Gasteiger partial charge in [0.15, 0.2) is 0 Å². The van der Waals surface area contributed by atoms with Crippen LogP contribution in [-0.2, 0) is 23.9 Å². The van der Waals surface area contributed by atoms with E-state index < -0.39 is 40.3 Å². The van der Waals surface area contributed by atoms with E-state index in [1.54, 1.807) is 48.5 Å². The number of likely N-dealkylation sites (N-methyl/N-ethyl adjacent to an activating group) is 1. The Morgan fingerprint density at radius 1 is 1.03 bits per heavy atom. The average Bonchev–Trinajstić information content (AvgIpc) is 2.87. The minimum atomic E-state index is -2.05. The highest BCUT2D eigenvalue weighted by atomic mass is 16.8. The van der Waals surface area contributed by atoms with Gasteiger partial charge in [-0.2, -0.15) is 5.10 Å². The van der Waals surface area contributed by atoms with Crippen molar-refractivity contribution < 1.29 is 33.5 Å². The number of amides is 2. The highest BCUT2D eigenvalue weighted by molar-refractivity contribution is 6.35. The Balaban J connectivity index is 3.86. The Bertz CT molecular complexity index is 831. The predicted molar refractivity (Wildman–Crippen MR) is 123 cm³/mol. The fraction of sp³-hybridized carbons (Fsp3) is 0.773. The van der Waals surface area contributed by atoms with Crippen molar-refractivity contribution in [2.45, 2.75) is 92.9 Å². The topological polar surface area (TPSA) is 119 Å². The lowest BCUT2D eigenvalue weighted by atomic mass is 9.74. The van der Waals surface area contributed by atoms with Crippen LogP contribution in [0.25, 0.3) is 0 Å². The molecule has 0 saturated heterocycles. The summed E-state index contributed by atoms with van der Waals surface area (Å²) in [7, 11) is 1.44. The van der Waals surface area contributed by atoms with Crippen LogP contribution in [0.4, 0.5) is 9.59 Å². The molecular weight excluding hydrogens is 432 g/mol. The number of hydroxylamine groups is 2. The summed E-state index contributed by atoms with van der Waals surface area (Å²) < 4.78 is 10.8. The largest absolute Gasteiger partial charge is 0.534 e. The second-order valence-electron chi connectivity index (χ2n) is 10.7. The first-order chi connectivity index (χ1) is 14.8. The van der Waals surface area contributed by atoms with E-state index in [1.165, 1.54) is 14.0 Å². The Morgan fingerprint density at radius 3 is 1.97 bits per heavy atom. The van der Waals surface area contributed by atoms with Crippen LogP contribution in [-0.4, -0.2) is 70.0 Å². The van der Waals surface area contributed by atoms with Crippen molar-refractivity contribution in [2.24, 2.45) is 15.7 Å². The monoisotopic (exact) mass is 470 g/mol. The highest BCUT2D eigenvalue weighted by Gasteiger charge is 2.65. The normalized spacial score (nSPS) is 19.8. The predicted octanol–water partition coefficient (Wildman–Crippen LogP) is 4.12. The summed E-state index contributed by atoms with van der Waals surface area (Å²) >= 11 is 0. The smallest absolute Gasteiger partial charge is 0.442 e. The van der Waals surface area contributed by atoms with Crippen molar-refractivity contribution in [3.05, 3.63) is 0 Å². The Morgan fingerprint density at radius 2 is 1.55 bits per heavy atom. The minimum absolute atomic E-state index is 0.0294. The second-order valence-corrected chi connectivity index (χ2v) is 10.7. The molecule has 0 fully saturated rings. The molecule has 11 nitrogen and oxygen atoms in total. The van der Waals surface area contributed by atoms with Gasteiger partial charge in [-0.05, 0) is 55.4 Å². The van der Waals surface area contributed by atoms with Crippen molar-refractivity contribution in [2.75, 3.05) is 13.7 Å². The van der Waals surface area contributed by atoms with Crippen LogP contribution in [0.1, 0.15) is 76.2 Å². The molecule has 0 aliphatic carbocycles. The van der Waals surface area contributed by atoms with Gasteiger partial charge in [-0.3, -0.25) is 9.63 Å². The molecule has 1 unspecified atom stereocenters. The van der Waals surface area contributed by atoms with Gasteiger partial charge in [-0.1, -0.05) is 25.9 Å². The first kappa shape index (κ1) is 28.2. The molecule has 1 heterocycles. The average molecular weight is 471 g/mol. The number of nitrogens with zero attached hydrogens (tertiary/aromatic N) is 4. The standard InChI is InChI=1S/C22H38N4O7/c1-13-30-24-14(2)22(15(19(3,4)5)23-25(12)16(22)27)26(17(28)31-20(6,7)8)33-18(29)32-21(9,10)11/h13H2,1-12H3. The molecule has 0 bridgehead atoms. The van der Waals surface area contributed by atoms with Gasteiger partial charge in [0.2, 0.25) is 5.54 Å².